The summed E-state index contributed by atoms with van der Waals surface area (Å²) in [7, 11) is -7.06. The molecule has 0 saturated heterocycles. The van der Waals surface area contributed by atoms with Crippen molar-refractivity contribution >= 4 is 16.1 Å². The molecule has 1 N–H and O–H groups in total. The van der Waals surface area contributed by atoms with Crippen LogP contribution in [0.2, 0.25) is 0 Å². The summed E-state index contributed by atoms with van der Waals surface area (Å²) in [6.45, 7) is 0. The Kier molecular flexibility index (Phi) is 5.22. The fourth-order valence-electron chi connectivity index (χ4n) is 1.35. The Balaban J connectivity index is 3.30. The zero-order valence-electron chi connectivity index (χ0n) is 11.7. The summed E-state index contributed by atoms with van der Waals surface area (Å²) >= 11 is 0. The smallest absolute Gasteiger partial charge is 0.460 e. The summed E-state index contributed by atoms with van der Waals surface area (Å²) in [5.74, 6) is -17.6. The Morgan fingerprint density at radius 1 is 0.846 bits per heavy atom. The van der Waals surface area contributed by atoms with E-state index in [1.54, 1.807) is 0 Å². The Hall–Kier alpha value is -2.19. The van der Waals surface area contributed by atoms with Gasteiger partial charge in [-0.25, -0.2) is 4.79 Å². The van der Waals surface area contributed by atoms with Gasteiger partial charge in [0.25, 0.3) is 0 Å². The van der Waals surface area contributed by atoms with E-state index in [2.05, 4.69) is 4.18 Å². The van der Waals surface area contributed by atoms with E-state index in [0.717, 1.165) is 0 Å². The first kappa shape index (κ1) is 21.9. The molecule has 0 aromatic heterocycles. The number of benzene rings is 1. The predicted molar refractivity (Wildman–Crippen MR) is 63.8 cm³/mol. The van der Waals surface area contributed by atoms with Crippen molar-refractivity contribution < 1.29 is 62.0 Å². The van der Waals surface area contributed by atoms with Gasteiger partial charge in [0.2, 0.25) is 0 Å². The lowest BCUT2D eigenvalue weighted by Crippen LogP contribution is -2.63. The SMILES string of the molecule is O=C(O)c1ccc(OS(=O)(=O)C(F)(F)C(F)(F)C(F)(F)C(F)(F)F)cc1. The standard InChI is InChI=1S/C11H5F9O5S/c12-8(13,10(16,17)18)9(14,15)11(19,20)26(23,24)25-6-3-1-5(2-4-6)7(21)22/h1-4H,(H,21,22). The third-order valence-corrected chi connectivity index (χ3v) is 4.03. The third-order valence-electron chi connectivity index (χ3n) is 2.74. The van der Waals surface area contributed by atoms with Gasteiger partial charge in [-0.15, -0.1) is 0 Å². The largest absolute Gasteiger partial charge is 0.478 e. The van der Waals surface area contributed by atoms with Crippen LogP contribution in [0.1, 0.15) is 10.4 Å². The van der Waals surface area contributed by atoms with Crippen LogP contribution in [-0.4, -0.2) is 42.8 Å². The van der Waals surface area contributed by atoms with Gasteiger partial charge in [-0.1, -0.05) is 0 Å². The van der Waals surface area contributed by atoms with E-state index in [0.29, 0.717) is 24.3 Å². The lowest BCUT2D eigenvalue weighted by molar-refractivity contribution is -0.382. The molecule has 0 atom stereocenters. The van der Waals surface area contributed by atoms with Crippen molar-refractivity contribution in [3.05, 3.63) is 29.8 Å². The molecule has 0 fully saturated rings. The topological polar surface area (TPSA) is 80.7 Å². The van der Waals surface area contributed by atoms with Crippen molar-refractivity contribution in [2.45, 2.75) is 23.3 Å². The van der Waals surface area contributed by atoms with Crippen molar-refractivity contribution in [2.24, 2.45) is 0 Å². The average Bonchev–Trinajstić information content (AvgIpc) is 2.45. The number of aromatic carboxylic acids is 1. The molecule has 1 aromatic rings. The summed E-state index contributed by atoms with van der Waals surface area (Å²) in [5, 5.41) is 1.55. The second-order valence-corrected chi connectivity index (χ2v) is 6.12. The van der Waals surface area contributed by atoms with Crippen molar-refractivity contribution in [1.82, 2.24) is 0 Å². The summed E-state index contributed by atoms with van der Waals surface area (Å²) < 4.78 is 140. The Bertz CT molecular complexity index is 783. The molecule has 26 heavy (non-hydrogen) atoms. The lowest BCUT2D eigenvalue weighted by Gasteiger charge is -2.32. The van der Waals surface area contributed by atoms with Gasteiger partial charge in [0.05, 0.1) is 5.56 Å². The minimum atomic E-state index is -7.42. The number of halogens is 9. The van der Waals surface area contributed by atoms with E-state index in [-0.39, 0.29) is 0 Å². The van der Waals surface area contributed by atoms with Gasteiger partial charge in [0.1, 0.15) is 5.75 Å². The molecule has 0 aliphatic carbocycles. The molecule has 148 valence electrons. The van der Waals surface area contributed by atoms with Gasteiger partial charge in [-0.05, 0) is 24.3 Å². The second kappa shape index (κ2) is 6.21. The second-order valence-electron chi connectivity index (χ2n) is 4.53. The van der Waals surface area contributed by atoms with Crippen molar-refractivity contribution in [2.75, 3.05) is 0 Å². The van der Waals surface area contributed by atoms with Crippen LogP contribution in [-0.2, 0) is 10.1 Å². The van der Waals surface area contributed by atoms with Crippen LogP contribution in [0.25, 0.3) is 0 Å². The summed E-state index contributed by atoms with van der Waals surface area (Å²) in [6.07, 6.45) is -7.20. The minimum absolute atomic E-state index is 0.372. The number of carboxylic acid groups (broad SMARTS) is 1. The molecular formula is C11H5F9O5S. The fourth-order valence-corrected chi connectivity index (χ4v) is 2.26. The molecule has 0 heterocycles. The van der Waals surface area contributed by atoms with Crippen molar-refractivity contribution in [3.63, 3.8) is 0 Å². The zero-order valence-corrected chi connectivity index (χ0v) is 12.5. The highest BCUT2D eigenvalue weighted by Crippen LogP contribution is 2.54. The predicted octanol–water partition coefficient (Wildman–Crippen LogP) is 3.52. The summed E-state index contributed by atoms with van der Waals surface area (Å²) in [5.41, 5.74) is -0.532. The fraction of sp³-hybridized carbons (Fsp3) is 0.364. The number of rotatable bonds is 6. The number of hydrogen-bond donors (Lipinski definition) is 1. The summed E-state index contributed by atoms with van der Waals surface area (Å²) in [6, 6.07) is 1.87. The maximum atomic E-state index is 13.4. The molecule has 0 unspecified atom stereocenters. The van der Waals surface area contributed by atoms with Crippen LogP contribution >= 0.6 is 0 Å². The lowest BCUT2D eigenvalue weighted by atomic mass is 10.1. The van der Waals surface area contributed by atoms with Crippen LogP contribution in [0.15, 0.2) is 24.3 Å². The highest BCUT2D eigenvalue weighted by Gasteiger charge is 2.86. The van der Waals surface area contributed by atoms with Crippen molar-refractivity contribution in [3.8, 4) is 5.75 Å². The molecular weight excluding hydrogens is 415 g/mol. The van der Waals surface area contributed by atoms with E-state index in [1.165, 1.54) is 0 Å². The van der Waals surface area contributed by atoms with E-state index in [1.807, 2.05) is 0 Å². The Morgan fingerprint density at radius 3 is 1.62 bits per heavy atom. The van der Waals surface area contributed by atoms with Gasteiger partial charge in [-0.3, -0.25) is 0 Å². The molecule has 0 saturated carbocycles. The molecule has 5 nitrogen and oxygen atoms in total. The molecule has 0 amide bonds. The third kappa shape index (κ3) is 3.39. The quantitative estimate of drug-likeness (QED) is 0.563. The molecule has 0 bridgehead atoms. The summed E-state index contributed by atoms with van der Waals surface area (Å²) in [4.78, 5) is 10.5. The number of carbonyl (C=O) groups is 1. The van der Waals surface area contributed by atoms with Gasteiger partial charge in [0, 0.05) is 0 Å². The maximum Gasteiger partial charge on any atom is 0.460 e. The Labute approximate surface area is 138 Å². The van der Waals surface area contributed by atoms with Gasteiger partial charge in [-0.2, -0.15) is 47.9 Å². The minimum Gasteiger partial charge on any atom is -0.478 e. The highest BCUT2D eigenvalue weighted by molar-refractivity contribution is 7.88. The zero-order chi connectivity index (χ0) is 20.8. The average molecular weight is 420 g/mol. The van der Waals surface area contributed by atoms with Crippen LogP contribution in [0.5, 0.6) is 5.75 Å². The first-order valence-corrected chi connectivity index (χ1v) is 7.27. The van der Waals surface area contributed by atoms with Crippen LogP contribution in [0.3, 0.4) is 0 Å². The normalized spacial score (nSPS) is 14.2. The maximum absolute atomic E-state index is 13.4. The van der Waals surface area contributed by atoms with E-state index in [4.69, 9.17) is 5.11 Å². The molecule has 0 spiro atoms. The van der Waals surface area contributed by atoms with Gasteiger partial charge in [0.15, 0.2) is 0 Å². The van der Waals surface area contributed by atoms with Crippen molar-refractivity contribution in [1.29, 1.82) is 0 Å². The molecule has 1 rings (SSSR count). The van der Waals surface area contributed by atoms with Crippen LogP contribution in [0.4, 0.5) is 39.5 Å². The monoisotopic (exact) mass is 420 g/mol. The first-order valence-electron chi connectivity index (χ1n) is 5.86. The molecule has 1 aromatic carbocycles. The molecule has 0 radical (unpaired) electrons. The van der Waals surface area contributed by atoms with E-state index < -0.39 is 50.7 Å². The Morgan fingerprint density at radius 2 is 1.27 bits per heavy atom. The molecule has 15 heteroatoms. The van der Waals surface area contributed by atoms with E-state index >= 15 is 0 Å². The van der Waals surface area contributed by atoms with Gasteiger partial charge < -0.3 is 9.29 Å². The van der Waals surface area contributed by atoms with E-state index in [9.17, 15) is 52.7 Å². The van der Waals surface area contributed by atoms with Crippen LogP contribution < -0.4 is 4.18 Å². The molecule has 0 aliphatic rings. The number of hydrogen-bond acceptors (Lipinski definition) is 4. The van der Waals surface area contributed by atoms with Crippen LogP contribution in [0, 0.1) is 0 Å². The number of alkyl halides is 9. The van der Waals surface area contributed by atoms with Gasteiger partial charge >= 0.3 is 39.4 Å². The molecule has 0 aliphatic heterocycles. The highest BCUT2D eigenvalue weighted by atomic mass is 32.2. The first-order chi connectivity index (χ1) is 11.4. The number of carboxylic acids is 1.